The monoisotopic (exact) mass is 497 g/mol. The second-order valence-electron chi connectivity index (χ2n) is 6.33. The van der Waals surface area contributed by atoms with E-state index in [0.29, 0.717) is 31.0 Å². The van der Waals surface area contributed by atoms with Crippen LogP contribution in [0.2, 0.25) is 0 Å². The molecule has 3 rings (SSSR count). The molecule has 0 atom stereocenters. The number of carbonyl (C=O) groups excluding carboxylic acids is 2. The molecule has 2 N–H and O–H groups in total. The Morgan fingerprint density at radius 1 is 1.07 bits per heavy atom. The Kier molecular flexibility index (Phi) is 7.35. The fraction of sp³-hybridized carbons (Fsp3) is 0.300. The molecular formula is C20H21FIN3O3. The number of hydrogen-bond acceptors (Lipinski definition) is 4. The Balaban J connectivity index is 1.66. The number of morpholine rings is 1. The van der Waals surface area contributed by atoms with Gasteiger partial charge in [-0.15, -0.1) is 0 Å². The molecule has 2 amide bonds. The maximum atomic E-state index is 13.9. The van der Waals surface area contributed by atoms with E-state index < -0.39 is 11.7 Å². The fourth-order valence-electron chi connectivity index (χ4n) is 2.90. The highest BCUT2D eigenvalue weighted by molar-refractivity contribution is 14.1. The normalized spacial score (nSPS) is 14.5. The molecule has 1 aliphatic heterocycles. The van der Waals surface area contributed by atoms with Gasteiger partial charge < -0.3 is 15.4 Å². The van der Waals surface area contributed by atoms with Crippen molar-refractivity contribution in [2.45, 2.75) is 0 Å². The standard InChI is InChI=1S/C20H21FIN3O3/c21-17-4-2-1-3-15(17)20(27)24-18-6-5-14(22)13-16(18)19(26)23-7-8-25-9-11-28-12-10-25/h1-6,13H,7-12H2,(H,23,26)(H,24,27). The predicted molar refractivity (Wildman–Crippen MR) is 113 cm³/mol. The highest BCUT2D eigenvalue weighted by Gasteiger charge is 2.17. The third-order valence-corrected chi connectivity index (χ3v) is 5.08. The van der Waals surface area contributed by atoms with E-state index >= 15 is 0 Å². The van der Waals surface area contributed by atoms with Crippen molar-refractivity contribution in [2.24, 2.45) is 0 Å². The van der Waals surface area contributed by atoms with Crippen molar-refractivity contribution < 1.29 is 18.7 Å². The van der Waals surface area contributed by atoms with Crippen molar-refractivity contribution in [3.05, 3.63) is 63.0 Å². The first-order chi connectivity index (χ1) is 13.5. The lowest BCUT2D eigenvalue weighted by Gasteiger charge is -2.26. The number of anilines is 1. The van der Waals surface area contributed by atoms with Gasteiger partial charge in [0.1, 0.15) is 5.82 Å². The SMILES string of the molecule is O=C(Nc1ccc(I)cc1C(=O)NCCN1CCOCC1)c1ccccc1F. The van der Waals surface area contributed by atoms with Gasteiger partial charge in [-0.1, -0.05) is 12.1 Å². The van der Waals surface area contributed by atoms with Crippen molar-refractivity contribution in [3.63, 3.8) is 0 Å². The highest BCUT2D eigenvalue weighted by Crippen LogP contribution is 2.20. The zero-order chi connectivity index (χ0) is 19.9. The average molecular weight is 497 g/mol. The molecule has 28 heavy (non-hydrogen) atoms. The Morgan fingerprint density at radius 3 is 2.57 bits per heavy atom. The van der Waals surface area contributed by atoms with Crippen LogP contribution in [0.15, 0.2) is 42.5 Å². The molecule has 1 saturated heterocycles. The van der Waals surface area contributed by atoms with Gasteiger partial charge in [0.2, 0.25) is 0 Å². The number of nitrogens with one attached hydrogen (secondary N) is 2. The molecule has 0 radical (unpaired) electrons. The van der Waals surface area contributed by atoms with E-state index in [1.54, 1.807) is 24.3 Å². The van der Waals surface area contributed by atoms with E-state index in [9.17, 15) is 14.0 Å². The lowest BCUT2D eigenvalue weighted by atomic mass is 10.1. The third-order valence-electron chi connectivity index (χ3n) is 4.41. The van der Waals surface area contributed by atoms with Crippen LogP contribution in [0.25, 0.3) is 0 Å². The van der Waals surface area contributed by atoms with Gasteiger partial charge in [0, 0.05) is 29.7 Å². The van der Waals surface area contributed by atoms with Gasteiger partial charge in [0.05, 0.1) is 30.0 Å². The topological polar surface area (TPSA) is 70.7 Å². The molecule has 2 aromatic carbocycles. The van der Waals surface area contributed by atoms with Gasteiger partial charge in [0.15, 0.2) is 0 Å². The molecule has 2 aromatic rings. The van der Waals surface area contributed by atoms with Crippen molar-refractivity contribution in [1.29, 1.82) is 0 Å². The summed E-state index contributed by atoms with van der Waals surface area (Å²) in [5.41, 5.74) is 0.621. The Hall–Kier alpha value is -2.04. The van der Waals surface area contributed by atoms with Crippen molar-refractivity contribution in [1.82, 2.24) is 10.2 Å². The van der Waals surface area contributed by atoms with Crippen LogP contribution < -0.4 is 10.6 Å². The number of ether oxygens (including phenoxy) is 1. The molecule has 0 spiro atoms. The van der Waals surface area contributed by atoms with E-state index in [2.05, 4.69) is 38.1 Å². The molecule has 0 saturated carbocycles. The van der Waals surface area contributed by atoms with Crippen LogP contribution in [0.3, 0.4) is 0 Å². The van der Waals surface area contributed by atoms with Gasteiger partial charge in [-0.25, -0.2) is 4.39 Å². The quantitative estimate of drug-likeness (QED) is 0.603. The number of nitrogens with zero attached hydrogens (tertiary/aromatic N) is 1. The molecule has 1 fully saturated rings. The molecule has 0 aromatic heterocycles. The molecule has 0 bridgehead atoms. The summed E-state index contributed by atoms with van der Waals surface area (Å²) < 4.78 is 20.0. The summed E-state index contributed by atoms with van der Waals surface area (Å²) in [6.45, 7) is 4.33. The van der Waals surface area contributed by atoms with Gasteiger partial charge >= 0.3 is 0 Å². The van der Waals surface area contributed by atoms with Crippen LogP contribution in [0, 0.1) is 9.39 Å². The fourth-order valence-corrected chi connectivity index (χ4v) is 3.39. The minimum atomic E-state index is -0.609. The minimum Gasteiger partial charge on any atom is -0.379 e. The first-order valence-corrected chi connectivity index (χ1v) is 10.1. The van der Waals surface area contributed by atoms with Crippen LogP contribution in [0.5, 0.6) is 0 Å². The highest BCUT2D eigenvalue weighted by atomic mass is 127. The van der Waals surface area contributed by atoms with Crippen LogP contribution in [-0.4, -0.2) is 56.1 Å². The van der Waals surface area contributed by atoms with Gasteiger partial charge in [-0.3, -0.25) is 14.5 Å². The third kappa shape index (κ3) is 5.49. The molecule has 1 aliphatic rings. The zero-order valence-electron chi connectivity index (χ0n) is 15.2. The average Bonchev–Trinajstić information content (AvgIpc) is 2.70. The molecule has 148 valence electrons. The number of halogens is 2. The molecule has 8 heteroatoms. The van der Waals surface area contributed by atoms with Crippen LogP contribution in [0.4, 0.5) is 10.1 Å². The van der Waals surface area contributed by atoms with Crippen molar-refractivity contribution in [2.75, 3.05) is 44.7 Å². The van der Waals surface area contributed by atoms with Gasteiger partial charge in [0.25, 0.3) is 11.8 Å². The van der Waals surface area contributed by atoms with Gasteiger partial charge in [-0.05, 0) is 52.9 Å². The lowest BCUT2D eigenvalue weighted by Crippen LogP contribution is -2.41. The van der Waals surface area contributed by atoms with Crippen molar-refractivity contribution in [3.8, 4) is 0 Å². The van der Waals surface area contributed by atoms with Crippen LogP contribution in [0.1, 0.15) is 20.7 Å². The number of rotatable bonds is 6. The number of hydrogen-bond donors (Lipinski definition) is 2. The van der Waals surface area contributed by atoms with E-state index in [4.69, 9.17) is 4.74 Å². The lowest BCUT2D eigenvalue weighted by molar-refractivity contribution is 0.0383. The Labute approximate surface area is 176 Å². The smallest absolute Gasteiger partial charge is 0.258 e. The molecular weight excluding hydrogens is 476 g/mol. The first-order valence-electron chi connectivity index (χ1n) is 8.98. The summed E-state index contributed by atoms with van der Waals surface area (Å²) >= 11 is 2.10. The maximum Gasteiger partial charge on any atom is 0.258 e. The molecule has 1 heterocycles. The number of benzene rings is 2. The molecule has 0 aliphatic carbocycles. The van der Waals surface area contributed by atoms with Crippen LogP contribution in [-0.2, 0) is 4.74 Å². The second-order valence-corrected chi connectivity index (χ2v) is 7.58. The molecule has 0 unspecified atom stereocenters. The maximum absolute atomic E-state index is 13.9. The molecule has 6 nitrogen and oxygen atoms in total. The van der Waals surface area contributed by atoms with Crippen LogP contribution >= 0.6 is 22.6 Å². The largest absolute Gasteiger partial charge is 0.379 e. The summed E-state index contributed by atoms with van der Waals surface area (Å²) in [6.07, 6.45) is 0. The summed E-state index contributed by atoms with van der Waals surface area (Å²) in [4.78, 5) is 27.3. The van der Waals surface area contributed by atoms with E-state index in [0.717, 1.165) is 23.2 Å². The van der Waals surface area contributed by atoms with Gasteiger partial charge in [-0.2, -0.15) is 0 Å². The predicted octanol–water partition coefficient (Wildman–Crippen LogP) is 2.74. The Bertz CT molecular complexity index is 856. The number of amides is 2. The summed E-state index contributed by atoms with van der Waals surface area (Å²) in [6, 6.07) is 10.9. The van der Waals surface area contributed by atoms with E-state index in [1.807, 2.05) is 0 Å². The second kappa shape index (κ2) is 9.94. The zero-order valence-corrected chi connectivity index (χ0v) is 17.4. The van der Waals surface area contributed by atoms with Crippen molar-refractivity contribution >= 4 is 40.1 Å². The van der Waals surface area contributed by atoms with E-state index in [1.165, 1.54) is 18.2 Å². The summed E-state index contributed by atoms with van der Waals surface area (Å²) in [7, 11) is 0. The first kappa shape index (κ1) is 20.7. The summed E-state index contributed by atoms with van der Waals surface area (Å²) in [5.74, 6) is -1.49. The number of carbonyl (C=O) groups is 2. The Morgan fingerprint density at radius 2 is 1.82 bits per heavy atom. The summed E-state index contributed by atoms with van der Waals surface area (Å²) in [5, 5.41) is 5.53. The van der Waals surface area contributed by atoms with E-state index in [-0.39, 0.29) is 11.5 Å². The minimum absolute atomic E-state index is 0.0697.